The average molecular weight is 222 g/mol. The second-order valence-electron chi connectivity index (χ2n) is 4.53. The van der Waals surface area contributed by atoms with Crippen LogP contribution in [0.25, 0.3) is 0 Å². The van der Waals surface area contributed by atoms with Crippen LogP contribution in [0.1, 0.15) is 12.5 Å². The van der Waals surface area contributed by atoms with Gasteiger partial charge in [-0.15, -0.1) is 0 Å². The highest BCUT2D eigenvalue weighted by molar-refractivity contribution is 5.39. The highest BCUT2D eigenvalue weighted by Gasteiger charge is 2.36. The van der Waals surface area contributed by atoms with Crippen LogP contribution in [0.15, 0.2) is 24.3 Å². The minimum absolute atomic E-state index is 0.147. The lowest BCUT2D eigenvalue weighted by Gasteiger charge is -2.44. The summed E-state index contributed by atoms with van der Waals surface area (Å²) in [6, 6.07) is 6.71. The zero-order valence-electron chi connectivity index (χ0n) is 9.09. The number of benzene rings is 1. The van der Waals surface area contributed by atoms with Gasteiger partial charge in [0.1, 0.15) is 0 Å². The number of para-hydroxylation sites is 1. The van der Waals surface area contributed by atoms with E-state index in [4.69, 9.17) is 0 Å². The molecule has 0 atom stereocenters. The minimum atomic E-state index is -0.635. The Labute approximate surface area is 93.5 Å². The molecule has 0 saturated carbocycles. The molecular weight excluding hydrogens is 208 g/mol. The number of nitro benzene ring substituents is 1. The highest BCUT2D eigenvalue weighted by Crippen LogP contribution is 2.25. The van der Waals surface area contributed by atoms with Crippen molar-refractivity contribution in [1.29, 1.82) is 0 Å². The number of aliphatic hydroxyl groups is 1. The van der Waals surface area contributed by atoms with Gasteiger partial charge >= 0.3 is 0 Å². The summed E-state index contributed by atoms with van der Waals surface area (Å²) < 4.78 is 0. The standard InChI is InChI=1S/C11H14N2O3/c1-11(14)7-12(8-11)6-9-4-2-3-5-10(9)13(15)16/h2-5,14H,6-8H2,1H3. The summed E-state index contributed by atoms with van der Waals surface area (Å²) in [7, 11) is 0. The molecule has 5 heteroatoms. The molecule has 16 heavy (non-hydrogen) atoms. The molecule has 5 nitrogen and oxygen atoms in total. The van der Waals surface area contributed by atoms with Gasteiger partial charge in [0.2, 0.25) is 0 Å². The molecule has 0 aliphatic carbocycles. The Morgan fingerprint density at radius 3 is 2.69 bits per heavy atom. The molecule has 1 aliphatic heterocycles. The first-order valence-corrected chi connectivity index (χ1v) is 5.15. The van der Waals surface area contributed by atoms with E-state index < -0.39 is 5.60 Å². The number of rotatable bonds is 3. The van der Waals surface area contributed by atoms with E-state index in [1.807, 2.05) is 4.90 Å². The average Bonchev–Trinajstić information content (AvgIpc) is 2.15. The summed E-state index contributed by atoms with van der Waals surface area (Å²) in [5.74, 6) is 0. The van der Waals surface area contributed by atoms with Crippen molar-refractivity contribution < 1.29 is 10.0 Å². The van der Waals surface area contributed by atoms with Gasteiger partial charge in [-0.3, -0.25) is 15.0 Å². The molecule has 1 fully saturated rings. The van der Waals surface area contributed by atoms with Gasteiger partial charge in [-0.2, -0.15) is 0 Å². The van der Waals surface area contributed by atoms with Crippen LogP contribution in [0.2, 0.25) is 0 Å². The summed E-state index contributed by atoms with van der Waals surface area (Å²) in [6.07, 6.45) is 0. The van der Waals surface area contributed by atoms with E-state index in [2.05, 4.69) is 0 Å². The number of hydrogen-bond donors (Lipinski definition) is 1. The predicted molar refractivity (Wildman–Crippen MR) is 59.0 cm³/mol. The van der Waals surface area contributed by atoms with E-state index in [1.165, 1.54) is 6.07 Å². The van der Waals surface area contributed by atoms with Crippen LogP contribution in [0.5, 0.6) is 0 Å². The predicted octanol–water partition coefficient (Wildman–Crippen LogP) is 1.16. The highest BCUT2D eigenvalue weighted by atomic mass is 16.6. The molecule has 0 spiro atoms. The number of β-amino-alcohol motifs (C(OH)–C–C–N with tert-alkyl or cyclic N) is 1. The van der Waals surface area contributed by atoms with E-state index >= 15 is 0 Å². The fraction of sp³-hybridized carbons (Fsp3) is 0.455. The van der Waals surface area contributed by atoms with Crippen molar-refractivity contribution in [2.45, 2.75) is 19.1 Å². The van der Waals surface area contributed by atoms with Gasteiger partial charge in [-0.1, -0.05) is 18.2 Å². The van der Waals surface area contributed by atoms with Gasteiger partial charge in [-0.05, 0) is 6.92 Å². The Morgan fingerprint density at radius 2 is 2.12 bits per heavy atom. The van der Waals surface area contributed by atoms with Crippen molar-refractivity contribution in [2.75, 3.05) is 13.1 Å². The monoisotopic (exact) mass is 222 g/mol. The van der Waals surface area contributed by atoms with Gasteiger partial charge in [0.15, 0.2) is 0 Å². The molecule has 0 radical (unpaired) electrons. The van der Waals surface area contributed by atoms with Gasteiger partial charge in [-0.25, -0.2) is 0 Å². The Hall–Kier alpha value is -1.46. The summed E-state index contributed by atoms with van der Waals surface area (Å²) >= 11 is 0. The molecule has 0 aromatic heterocycles. The Morgan fingerprint density at radius 1 is 1.50 bits per heavy atom. The molecule has 0 amide bonds. The zero-order valence-corrected chi connectivity index (χ0v) is 9.09. The molecule has 1 aromatic carbocycles. The third-order valence-electron chi connectivity index (χ3n) is 2.71. The second kappa shape index (κ2) is 3.84. The van der Waals surface area contributed by atoms with E-state index in [-0.39, 0.29) is 10.6 Å². The smallest absolute Gasteiger partial charge is 0.273 e. The van der Waals surface area contributed by atoms with Gasteiger partial charge in [0.25, 0.3) is 5.69 Å². The van der Waals surface area contributed by atoms with Crippen LogP contribution in [0, 0.1) is 10.1 Å². The van der Waals surface area contributed by atoms with Gasteiger partial charge in [0, 0.05) is 31.3 Å². The van der Waals surface area contributed by atoms with Crippen LogP contribution in [0.4, 0.5) is 5.69 Å². The van der Waals surface area contributed by atoms with Crippen molar-refractivity contribution in [3.8, 4) is 0 Å². The molecule has 2 rings (SSSR count). The van der Waals surface area contributed by atoms with E-state index in [0.717, 1.165) is 0 Å². The zero-order chi connectivity index (χ0) is 11.8. The third-order valence-corrected chi connectivity index (χ3v) is 2.71. The van der Waals surface area contributed by atoms with Crippen LogP contribution in [0.3, 0.4) is 0 Å². The largest absolute Gasteiger partial charge is 0.388 e. The molecule has 1 aromatic rings. The first-order valence-electron chi connectivity index (χ1n) is 5.15. The summed E-state index contributed by atoms with van der Waals surface area (Å²) in [5.41, 5.74) is 0.209. The summed E-state index contributed by atoms with van der Waals surface area (Å²) in [4.78, 5) is 12.4. The fourth-order valence-corrected chi connectivity index (χ4v) is 2.09. The van der Waals surface area contributed by atoms with Crippen molar-refractivity contribution in [3.05, 3.63) is 39.9 Å². The number of nitro groups is 1. The molecule has 1 aliphatic rings. The van der Waals surface area contributed by atoms with Crippen LogP contribution >= 0.6 is 0 Å². The lowest BCUT2D eigenvalue weighted by molar-refractivity contribution is -0.385. The molecule has 86 valence electrons. The van der Waals surface area contributed by atoms with Crippen LogP contribution in [-0.4, -0.2) is 33.6 Å². The van der Waals surface area contributed by atoms with Crippen molar-refractivity contribution in [2.24, 2.45) is 0 Å². The Kier molecular flexibility index (Phi) is 2.65. The Bertz CT molecular complexity index is 409. The number of hydrogen-bond acceptors (Lipinski definition) is 4. The molecule has 0 unspecified atom stereocenters. The first kappa shape index (κ1) is 11.0. The lowest BCUT2D eigenvalue weighted by atomic mass is 9.96. The number of nitrogens with zero attached hydrogens (tertiary/aromatic N) is 2. The summed E-state index contributed by atoms with van der Waals surface area (Å²) in [6.45, 7) is 3.42. The fourth-order valence-electron chi connectivity index (χ4n) is 2.09. The lowest BCUT2D eigenvalue weighted by Crippen LogP contribution is -2.59. The maximum absolute atomic E-state index is 10.8. The maximum Gasteiger partial charge on any atom is 0.273 e. The van der Waals surface area contributed by atoms with Crippen molar-refractivity contribution in [1.82, 2.24) is 4.90 Å². The molecular formula is C11H14N2O3. The van der Waals surface area contributed by atoms with Crippen LogP contribution < -0.4 is 0 Å². The summed E-state index contributed by atoms with van der Waals surface area (Å²) in [5, 5.41) is 20.3. The SMILES string of the molecule is CC1(O)CN(Cc2ccccc2[N+](=O)[O-])C1. The Balaban J connectivity index is 2.08. The van der Waals surface area contributed by atoms with Crippen molar-refractivity contribution >= 4 is 5.69 Å². The van der Waals surface area contributed by atoms with Gasteiger partial charge in [0.05, 0.1) is 10.5 Å². The normalized spacial score (nSPS) is 19.1. The van der Waals surface area contributed by atoms with E-state index in [9.17, 15) is 15.2 Å². The van der Waals surface area contributed by atoms with E-state index in [0.29, 0.717) is 25.2 Å². The third kappa shape index (κ3) is 2.20. The number of likely N-dealkylation sites (tertiary alicyclic amines) is 1. The van der Waals surface area contributed by atoms with E-state index in [1.54, 1.807) is 25.1 Å². The molecule has 1 N–H and O–H groups in total. The maximum atomic E-state index is 10.8. The minimum Gasteiger partial charge on any atom is -0.388 e. The van der Waals surface area contributed by atoms with Gasteiger partial charge < -0.3 is 5.11 Å². The van der Waals surface area contributed by atoms with Crippen molar-refractivity contribution in [3.63, 3.8) is 0 Å². The topological polar surface area (TPSA) is 66.6 Å². The quantitative estimate of drug-likeness (QED) is 0.615. The molecule has 1 saturated heterocycles. The molecule has 0 bridgehead atoms. The molecule has 1 heterocycles. The van der Waals surface area contributed by atoms with Crippen LogP contribution in [-0.2, 0) is 6.54 Å². The second-order valence-corrected chi connectivity index (χ2v) is 4.53. The first-order chi connectivity index (χ1) is 7.48.